The predicted molar refractivity (Wildman–Crippen MR) is 71.5 cm³/mol. The van der Waals surface area contributed by atoms with Crippen LogP contribution in [0.4, 0.5) is 0 Å². The van der Waals surface area contributed by atoms with E-state index in [9.17, 15) is 4.79 Å². The number of amides is 1. The van der Waals surface area contributed by atoms with Crippen molar-refractivity contribution in [3.63, 3.8) is 0 Å². The second kappa shape index (κ2) is 7.48. The number of nitrogen functional groups attached to an aromatic ring is 1. The van der Waals surface area contributed by atoms with Crippen molar-refractivity contribution in [1.82, 2.24) is 5.43 Å². The number of hydrazine groups is 1. The molecule has 1 rings (SSSR count). The van der Waals surface area contributed by atoms with E-state index in [0.29, 0.717) is 24.7 Å². The second-order valence-electron chi connectivity index (χ2n) is 4.14. The molecule has 3 N–H and O–H groups in total. The lowest BCUT2D eigenvalue weighted by atomic mass is 10.2. The minimum Gasteiger partial charge on any atom is -0.376 e. The zero-order valence-electron chi connectivity index (χ0n) is 11.0. The van der Waals surface area contributed by atoms with Crippen LogP contribution in [0.25, 0.3) is 0 Å². The van der Waals surface area contributed by atoms with Crippen LogP contribution in [0.1, 0.15) is 34.0 Å². The molecule has 5 nitrogen and oxygen atoms in total. The molecule has 0 aliphatic rings. The van der Waals surface area contributed by atoms with Crippen LogP contribution < -0.4 is 11.3 Å². The van der Waals surface area contributed by atoms with Crippen molar-refractivity contribution in [3.05, 3.63) is 21.4 Å². The Morgan fingerprint density at radius 3 is 2.83 bits per heavy atom. The van der Waals surface area contributed by atoms with E-state index >= 15 is 0 Å². The summed E-state index contributed by atoms with van der Waals surface area (Å²) in [6, 6.07) is 1.81. The predicted octanol–water partition coefficient (Wildman–Crippen LogP) is 1.60. The molecule has 0 aliphatic heterocycles. The molecule has 1 heterocycles. The highest BCUT2D eigenvalue weighted by atomic mass is 32.1. The summed E-state index contributed by atoms with van der Waals surface area (Å²) in [6.07, 6.45) is 0.219. The summed E-state index contributed by atoms with van der Waals surface area (Å²) >= 11 is 1.41. The van der Waals surface area contributed by atoms with Crippen LogP contribution in [-0.4, -0.2) is 25.2 Å². The first-order valence-corrected chi connectivity index (χ1v) is 6.65. The summed E-state index contributed by atoms with van der Waals surface area (Å²) in [5.74, 6) is 4.82. The molecule has 102 valence electrons. The van der Waals surface area contributed by atoms with Gasteiger partial charge in [0.2, 0.25) is 0 Å². The maximum absolute atomic E-state index is 11.3. The van der Waals surface area contributed by atoms with Crippen molar-refractivity contribution in [3.8, 4) is 0 Å². The molecule has 0 unspecified atom stereocenters. The smallest absolute Gasteiger partial charge is 0.275 e. The molecule has 0 atom stereocenters. The van der Waals surface area contributed by atoms with Gasteiger partial charge in [-0.1, -0.05) is 0 Å². The van der Waals surface area contributed by atoms with Gasteiger partial charge in [-0.2, -0.15) is 0 Å². The van der Waals surface area contributed by atoms with Crippen LogP contribution in [-0.2, 0) is 16.1 Å². The van der Waals surface area contributed by atoms with Crippen LogP contribution >= 0.6 is 11.3 Å². The topological polar surface area (TPSA) is 73.6 Å². The van der Waals surface area contributed by atoms with Crippen LogP contribution in [0.5, 0.6) is 0 Å². The number of rotatable bonds is 7. The van der Waals surface area contributed by atoms with E-state index < -0.39 is 0 Å². The SMILES string of the molecule is Cc1sc(C(=O)NN)cc1COCCOC(C)C. The maximum Gasteiger partial charge on any atom is 0.275 e. The average Bonchev–Trinajstić information content (AvgIpc) is 2.69. The van der Waals surface area contributed by atoms with E-state index in [2.05, 4.69) is 5.43 Å². The third-order valence-corrected chi connectivity index (χ3v) is 3.40. The van der Waals surface area contributed by atoms with Crippen LogP contribution in [0.2, 0.25) is 0 Å². The Morgan fingerprint density at radius 2 is 2.22 bits per heavy atom. The van der Waals surface area contributed by atoms with Gasteiger partial charge in [-0.15, -0.1) is 11.3 Å². The van der Waals surface area contributed by atoms with E-state index in [4.69, 9.17) is 15.3 Å². The highest BCUT2D eigenvalue weighted by Gasteiger charge is 2.11. The van der Waals surface area contributed by atoms with Crippen molar-refractivity contribution >= 4 is 17.2 Å². The molecule has 0 aromatic carbocycles. The van der Waals surface area contributed by atoms with E-state index in [0.717, 1.165) is 10.4 Å². The number of carbonyl (C=O) groups is 1. The lowest BCUT2D eigenvalue weighted by Gasteiger charge is -2.07. The Hall–Kier alpha value is -0.950. The first-order valence-electron chi connectivity index (χ1n) is 5.84. The van der Waals surface area contributed by atoms with Gasteiger partial charge in [0.05, 0.1) is 30.8 Å². The molecule has 0 radical (unpaired) electrons. The summed E-state index contributed by atoms with van der Waals surface area (Å²) in [5, 5.41) is 0. The summed E-state index contributed by atoms with van der Waals surface area (Å²) < 4.78 is 10.9. The number of nitrogens with one attached hydrogen (secondary N) is 1. The standard InChI is InChI=1S/C12H20N2O3S/c1-8(2)17-5-4-16-7-10-6-11(12(15)14-13)18-9(10)3/h6,8H,4-5,7,13H2,1-3H3,(H,14,15). The monoisotopic (exact) mass is 272 g/mol. The minimum absolute atomic E-state index is 0.219. The van der Waals surface area contributed by atoms with Gasteiger partial charge < -0.3 is 9.47 Å². The summed E-state index contributed by atoms with van der Waals surface area (Å²) in [7, 11) is 0. The van der Waals surface area contributed by atoms with Gasteiger partial charge >= 0.3 is 0 Å². The highest BCUT2D eigenvalue weighted by molar-refractivity contribution is 7.14. The number of nitrogens with two attached hydrogens (primary N) is 1. The lowest BCUT2D eigenvalue weighted by Crippen LogP contribution is -2.29. The summed E-state index contributed by atoms with van der Waals surface area (Å²) in [4.78, 5) is 13.0. The fourth-order valence-electron chi connectivity index (χ4n) is 1.37. The van der Waals surface area contributed by atoms with E-state index in [1.165, 1.54) is 11.3 Å². The molecule has 1 amide bonds. The molecule has 0 saturated heterocycles. The number of carbonyl (C=O) groups excluding carboxylic acids is 1. The number of ether oxygens (including phenoxy) is 2. The molecule has 6 heteroatoms. The molecular weight excluding hydrogens is 252 g/mol. The number of thiophene rings is 1. The van der Waals surface area contributed by atoms with Crippen LogP contribution in [0, 0.1) is 6.92 Å². The van der Waals surface area contributed by atoms with E-state index in [1.807, 2.05) is 26.8 Å². The van der Waals surface area contributed by atoms with E-state index in [-0.39, 0.29) is 12.0 Å². The van der Waals surface area contributed by atoms with E-state index in [1.54, 1.807) is 0 Å². The van der Waals surface area contributed by atoms with Crippen molar-refractivity contribution in [1.29, 1.82) is 0 Å². The molecular formula is C12H20N2O3S. The summed E-state index contributed by atoms with van der Waals surface area (Å²) in [5.41, 5.74) is 3.14. The van der Waals surface area contributed by atoms with Crippen molar-refractivity contribution in [2.24, 2.45) is 5.84 Å². The Kier molecular flexibility index (Phi) is 6.28. The minimum atomic E-state index is -0.266. The van der Waals surface area contributed by atoms with Gasteiger partial charge in [-0.3, -0.25) is 10.2 Å². The normalized spacial score (nSPS) is 10.9. The third-order valence-electron chi connectivity index (χ3n) is 2.31. The third kappa shape index (κ3) is 4.73. The Balaban J connectivity index is 2.38. The number of hydrogen-bond acceptors (Lipinski definition) is 5. The second-order valence-corrected chi connectivity index (χ2v) is 5.39. The molecule has 0 aliphatic carbocycles. The van der Waals surface area contributed by atoms with Crippen LogP contribution in [0.15, 0.2) is 6.07 Å². The van der Waals surface area contributed by atoms with Crippen molar-refractivity contribution < 1.29 is 14.3 Å². The summed E-state index contributed by atoms with van der Waals surface area (Å²) in [6.45, 7) is 7.55. The molecule has 0 fully saturated rings. The lowest BCUT2D eigenvalue weighted by molar-refractivity contribution is 0.0142. The van der Waals surface area contributed by atoms with Gasteiger partial charge in [-0.25, -0.2) is 5.84 Å². The van der Waals surface area contributed by atoms with Gasteiger partial charge in [0.1, 0.15) is 0 Å². The number of aryl methyl sites for hydroxylation is 1. The average molecular weight is 272 g/mol. The quantitative estimate of drug-likeness (QED) is 0.342. The molecule has 18 heavy (non-hydrogen) atoms. The Labute approximate surface area is 111 Å². The zero-order chi connectivity index (χ0) is 13.5. The van der Waals surface area contributed by atoms with Crippen LogP contribution in [0.3, 0.4) is 0 Å². The molecule has 1 aromatic heterocycles. The molecule has 0 bridgehead atoms. The largest absolute Gasteiger partial charge is 0.376 e. The molecule has 0 spiro atoms. The first kappa shape index (κ1) is 15.1. The van der Waals surface area contributed by atoms with Gasteiger partial charge in [0.15, 0.2) is 0 Å². The first-order chi connectivity index (χ1) is 8.54. The van der Waals surface area contributed by atoms with Crippen molar-refractivity contribution in [2.45, 2.75) is 33.5 Å². The molecule has 0 saturated carbocycles. The Morgan fingerprint density at radius 1 is 1.50 bits per heavy atom. The fraction of sp³-hybridized carbons (Fsp3) is 0.583. The maximum atomic E-state index is 11.3. The van der Waals surface area contributed by atoms with Gasteiger partial charge in [-0.05, 0) is 32.4 Å². The van der Waals surface area contributed by atoms with Gasteiger partial charge in [0.25, 0.3) is 5.91 Å². The fourth-order valence-corrected chi connectivity index (χ4v) is 2.30. The van der Waals surface area contributed by atoms with Crippen molar-refractivity contribution in [2.75, 3.05) is 13.2 Å². The molecule has 1 aromatic rings. The van der Waals surface area contributed by atoms with Gasteiger partial charge in [0, 0.05) is 4.88 Å². The highest BCUT2D eigenvalue weighted by Crippen LogP contribution is 2.22. The zero-order valence-corrected chi connectivity index (χ0v) is 11.8. The Bertz CT molecular complexity index is 391. The number of hydrogen-bond donors (Lipinski definition) is 2.